The van der Waals surface area contributed by atoms with Crippen LogP contribution in [0, 0.1) is 29.1 Å². The van der Waals surface area contributed by atoms with Crippen LogP contribution in [0.5, 0.6) is 0 Å². The zero-order chi connectivity index (χ0) is 21.0. The molecule has 0 aromatic carbocycles. The molecule has 3 fully saturated rings. The molecule has 0 spiro atoms. The third-order valence-corrected chi connectivity index (χ3v) is 8.41. The molecule has 3 rings (SSSR count). The Morgan fingerprint density at radius 3 is 2.59 bits per heavy atom. The lowest BCUT2D eigenvalue weighted by molar-refractivity contribution is 0.0928. The van der Waals surface area contributed by atoms with E-state index in [2.05, 4.69) is 39.8 Å². The van der Waals surface area contributed by atoms with E-state index in [-0.39, 0.29) is 6.10 Å². The Balaban J connectivity index is 1.72. The Morgan fingerprint density at radius 2 is 1.86 bits per heavy atom. The van der Waals surface area contributed by atoms with Gasteiger partial charge in [-0.2, -0.15) is 0 Å². The lowest BCUT2D eigenvalue weighted by atomic mass is 9.60. The van der Waals surface area contributed by atoms with Crippen molar-refractivity contribution in [3.05, 3.63) is 35.2 Å². The zero-order valence-corrected chi connectivity index (χ0v) is 19.2. The van der Waals surface area contributed by atoms with E-state index in [1.165, 1.54) is 51.4 Å². The van der Waals surface area contributed by atoms with E-state index >= 15 is 0 Å². The van der Waals surface area contributed by atoms with Crippen molar-refractivity contribution >= 4 is 0 Å². The van der Waals surface area contributed by atoms with E-state index in [1.54, 1.807) is 5.57 Å². The number of aliphatic hydroxyl groups excluding tert-OH is 1. The van der Waals surface area contributed by atoms with Crippen molar-refractivity contribution in [3.63, 3.8) is 0 Å². The smallest absolute Gasteiger partial charge is 0.0901 e. The number of allylic oxidation sites excluding steroid dienone is 4. The zero-order valence-electron chi connectivity index (χ0n) is 19.2. The van der Waals surface area contributed by atoms with Gasteiger partial charge < -0.3 is 5.11 Å². The highest BCUT2D eigenvalue weighted by Gasteiger charge is 2.50. The van der Waals surface area contributed by atoms with Crippen LogP contribution in [0.15, 0.2) is 35.2 Å². The fraction of sp³-hybridized carbons (Fsp3) is 0.778. The minimum Gasteiger partial charge on any atom is -0.393 e. The van der Waals surface area contributed by atoms with Crippen LogP contribution >= 0.6 is 0 Å². The van der Waals surface area contributed by atoms with Gasteiger partial charge in [-0.1, -0.05) is 64.7 Å². The van der Waals surface area contributed by atoms with Gasteiger partial charge in [0.15, 0.2) is 0 Å². The quantitative estimate of drug-likeness (QED) is 0.478. The molecule has 0 aromatic heterocycles. The minimum atomic E-state index is -0.317. The minimum absolute atomic E-state index is 0.317. The van der Waals surface area contributed by atoms with Gasteiger partial charge in [-0.3, -0.25) is 0 Å². The highest BCUT2D eigenvalue weighted by molar-refractivity contribution is 5.37. The molecular weight excluding hydrogens is 359 g/mol. The Morgan fingerprint density at radius 1 is 1.07 bits per heavy atom. The molecule has 0 aromatic rings. The van der Waals surface area contributed by atoms with Gasteiger partial charge in [0.25, 0.3) is 0 Å². The van der Waals surface area contributed by atoms with Gasteiger partial charge in [-0.25, -0.2) is 4.39 Å². The van der Waals surface area contributed by atoms with Gasteiger partial charge in [-0.15, -0.1) is 0 Å². The first-order chi connectivity index (χ1) is 13.8. The number of halogens is 1. The molecule has 0 bridgehead atoms. The van der Waals surface area contributed by atoms with Crippen molar-refractivity contribution < 1.29 is 9.50 Å². The van der Waals surface area contributed by atoms with Gasteiger partial charge in [0.05, 0.1) is 12.4 Å². The van der Waals surface area contributed by atoms with Crippen molar-refractivity contribution in [1.82, 2.24) is 0 Å². The summed E-state index contributed by atoms with van der Waals surface area (Å²) in [6.07, 6.45) is 17.4. The summed E-state index contributed by atoms with van der Waals surface area (Å²) in [6.45, 7) is 9.73. The third kappa shape index (κ3) is 5.24. The molecule has 0 aliphatic heterocycles. The lowest BCUT2D eigenvalue weighted by Gasteiger charge is -2.44. The van der Waals surface area contributed by atoms with Gasteiger partial charge in [0, 0.05) is 0 Å². The Kier molecular flexibility index (Phi) is 7.81. The van der Waals surface area contributed by atoms with Gasteiger partial charge in [0.2, 0.25) is 0 Å². The molecule has 5 atom stereocenters. The first kappa shape index (κ1) is 22.8. The average Bonchev–Trinajstić information content (AvgIpc) is 3.03. The number of hydrogen-bond acceptors (Lipinski definition) is 1. The molecule has 3 aliphatic rings. The molecule has 1 nitrogen and oxygen atoms in total. The molecule has 0 radical (unpaired) electrons. The molecule has 29 heavy (non-hydrogen) atoms. The number of aliphatic hydroxyl groups is 1. The summed E-state index contributed by atoms with van der Waals surface area (Å²) in [5, 5.41) is 10.0. The van der Waals surface area contributed by atoms with Crippen LogP contribution in [-0.2, 0) is 0 Å². The van der Waals surface area contributed by atoms with Crippen LogP contribution in [0.1, 0.15) is 98.3 Å². The summed E-state index contributed by atoms with van der Waals surface area (Å²) in [6, 6.07) is 0. The highest BCUT2D eigenvalue weighted by Crippen LogP contribution is 2.59. The summed E-state index contributed by atoms with van der Waals surface area (Å²) >= 11 is 0. The average molecular weight is 403 g/mol. The van der Waals surface area contributed by atoms with Gasteiger partial charge in [-0.05, 0) is 91.6 Å². The predicted molar refractivity (Wildman–Crippen MR) is 121 cm³/mol. The van der Waals surface area contributed by atoms with Crippen molar-refractivity contribution in [2.45, 2.75) is 104 Å². The maximum Gasteiger partial charge on any atom is 0.0901 e. The molecule has 0 heterocycles. The SMILES string of the molecule is CC(C)CCC[C@@H](C)[C@H]1CC[C@H]2/C(=C/C=C3\C[C@@H](O)CC\C3=C\F)CCC[C@]12C. The molecule has 0 saturated heterocycles. The topological polar surface area (TPSA) is 20.2 Å². The Labute approximate surface area is 178 Å². The van der Waals surface area contributed by atoms with Crippen LogP contribution in [0.2, 0.25) is 0 Å². The third-order valence-electron chi connectivity index (χ3n) is 8.41. The molecule has 1 N–H and O–H groups in total. The molecular formula is C27H43FO. The van der Waals surface area contributed by atoms with Crippen molar-refractivity contribution in [3.8, 4) is 0 Å². The summed E-state index contributed by atoms with van der Waals surface area (Å²) in [5.74, 6) is 3.16. The second kappa shape index (κ2) is 9.94. The van der Waals surface area contributed by atoms with Crippen LogP contribution in [0.4, 0.5) is 4.39 Å². The molecule has 164 valence electrons. The van der Waals surface area contributed by atoms with Gasteiger partial charge in [0.1, 0.15) is 0 Å². The summed E-state index contributed by atoms with van der Waals surface area (Å²) in [4.78, 5) is 0. The second-order valence-electron chi connectivity index (χ2n) is 10.9. The molecule has 3 aliphatic carbocycles. The Bertz CT molecular complexity index is 643. The van der Waals surface area contributed by atoms with Crippen molar-refractivity contribution in [2.75, 3.05) is 0 Å². The van der Waals surface area contributed by atoms with E-state index in [0.29, 0.717) is 30.6 Å². The van der Waals surface area contributed by atoms with E-state index in [4.69, 9.17) is 0 Å². The molecule has 0 amide bonds. The fourth-order valence-corrected chi connectivity index (χ4v) is 6.74. The largest absolute Gasteiger partial charge is 0.393 e. The van der Waals surface area contributed by atoms with Crippen LogP contribution in [0.25, 0.3) is 0 Å². The monoisotopic (exact) mass is 402 g/mol. The molecule has 0 unspecified atom stereocenters. The fourth-order valence-electron chi connectivity index (χ4n) is 6.74. The van der Waals surface area contributed by atoms with E-state index in [1.807, 2.05) is 0 Å². The molecule has 2 heteroatoms. The number of hydrogen-bond donors (Lipinski definition) is 1. The molecule has 3 saturated carbocycles. The van der Waals surface area contributed by atoms with Gasteiger partial charge >= 0.3 is 0 Å². The summed E-state index contributed by atoms with van der Waals surface area (Å²) < 4.78 is 13.3. The lowest BCUT2D eigenvalue weighted by Crippen LogP contribution is -2.36. The van der Waals surface area contributed by atoms with E-state index in [9.17, 15) is 9.50 Å². The number of fused-ring (bicyclic) bond motifs is 1. The number of rotatable bonds is 6. The van der Waals surface area contributed by atoms with Crippen LogP contribution in [0.3, 0.4) is 0 Å². The van der Waals surface area contributed by atoms with Crippen molar-refractivity contribution in [1.29, 1.82) is 0 Å². The maximum absolute atomic E-state index is 13.3. The van der Waals surface area contributed by atoms with E-state index in [0.717, 1.165) is 35.2 Å². The first-order valence-electron chi connectivity index (χ1n) is 12.2. The predicted octanol–water partition coefficient (Wildman–Crippen LogP) is 7.92. The first-order valence-corrected chi connectivity index (χ1v) is 12.2. The van der Waals surface area contributed by atoms with Crippen LogP contribution in [-0.4, -0.2) is 11.2 Å². The Hall–Kier alpha value is -0.890. The van der Waals surface area contributed by atoms with E-state index < -0.39 is 0 Å². The van der Waals surface area contributed by atoms with Crippen LogP contribution < -0.4 is 0 Å². The second-order valence-corrected chi connectivity index (χ2v) is 10.9. The normalized spacial score (nSPS) is 38.2. The summed E-state index contributed by atoms with van der Waals surface area (Å²) in [5.41, 5.74) is 3.81. The summed E-state index contributed by atoms with van der Waals surface area (Å²) in [7, 11) is 0. The maximum atomic E-state index is 13.3. The highest BCUT2D eigenvalue weighted by atomic mass is 19.1. The van der Waals surface area contributed by atoms with Crippen molar-refractivity contribution in [2.24, 2.45) is 29.1 Å². The standard InChI is InChI=1S/C27H43FO/c1-19(2)7-5-8-20(3)25-14-15-26-21(9-6-16-27(25,26)4)10-11-22-17-24(29)13-12-23(22)18-28/h10-11,18-20,24-26,29H,5-9,12-17H2,1-4H3/b21-10+,22-11+,23-18-/t20-,24+,25-,26+,27-/m1/s1.